The van der Waals surface area contributed by atoms with Crippen LogP contribution in [0.4, 0.5) is 0 Å². The summed E-state index contributed by atoms with van der Waals surface area (Å²) in [7, 11) is 5.35. The summed E-state index contributed by atoms with van der Waals surface area (Å²) >= 11 is 0. The van der Waals surface area contributed by atoms with Crippen molar-refractivity contribution < 1.29 is 38.2 Å². The maximum Gasteiger partial charge on any atom is 0.306 e. The molecule has 0 aromatic rings. The van der Waals surface area contributed by atoms with Gasteiger partial charge in [-0.2, -0.15) is 0 Å². The Labute approximate surface area is 286 Å². The summed E-state index contributed by atoms with van der Waals surface area (Å²) in [4.78, 5) is 35.5. The summed E-state index contributed by atoms with van der Waals surface area (Å²) in [5.41, 5.74) is 0. The molecule has 8 heteroatoms. The van der Waals surface area contributed by atoms with Crippen molar-refractivity contribution in [2.75, 3.05) is 41.0 Å². The van der Waals surface area contributed by atoms with Gasteiger partial charge in [-0.05, 0) is 44.9 Å². The molecule has 270 valence electrons. The predicted octanol–water partition coefficient (Wildman–Crippen LogP) is 7.57. The molecule has 0 aromatic heterocycles. The normalized spacial score (nSPS) is 13.6. The average Bonchev–Trinajstić information content (AvgIpc) is 3.02. The van der Waals surface area contributed by atoms with Crippen molar-refractivity contribution in [2.45, 2.75) is 142 Å². The Bertz CT molecular complexity index is 917. The molecular formula is C39H67NO7. The molecule has 47 heavy (non-hydrogen) atoms. The van der Waals surface area contributed by atoms with Gasteiger partial charge in [0.05, 0.1) is 40.3 Å². The largest absolute Gasteiger partial charge is 0.544 e. The molecule has 8 nitrogen and oxygen atoms in total. The van der Waals surface area contributed by atoms with Crippen LogP contribution in [0.1, 0.15) is 129 Å². The Hall–Kier alpha value is -2.71. The number of esters is 2. The van der Waals surface area contributed by atoms with Crippen LogP contribution in [0.25, 0.3) is 0 Å². The van der Waals surface area contributed by atoms with E-state index in [0.29, 0.717) is 6.42 Å². The summed E-state index contributed by atoms with van der Waals surface area (Å²) in [6.07, 6.45) is 35.0. The highest BCUT2D eigenvalue weighted by molar-refractivity contribution is 5.70. The van der Waals surface area contributed by atoms with E-state index in [4.69, 9.17) is 14.2 Å². The quantitative estimate of drug-likeness (QED) is 0.0327. The number of ether oxygens (including phenoxy) is 3. The Morgan fingerprint density at radius 3 is 1.68 bits per heavy atom. The van der Waals surface area contributed by atoms with Crippen molar-refractivity contribution in [2.24, 2.45) is 0 Å². The van der Waals surface area contributed by atoms with E-state index in [0.717, 1.165) is 44.9 Å². The lowest BCUT2D eigenvalue weighted by molar-refractivity contribution is -0.889. The molecular weight excluding hydrogens is 594 g/mol. The van der Waals surface area contributed by atoms with Gasteiger partial charge in [-0.25, -0.2) is 0 Å². The number of carbonyl (C=O) groups excluding carboxylic acids is 3. The highest BCUT2D eigenvalue weighted by Crippen LogP contribution is 2.13. The molecule has 0 fully saturated rings. The zero-order valence-electron chi connectivity index (χ0n) is 30.4. The van der Waals surface area contributed by atoms with Crippen LogP contribution in [-0.4, -0.2) is 75.5 Å². The molecule has 0 aliphatic carbocycles. The number of carboxylic acids is 1. The van der Waals surface area contributed by atoms with E-state index in [1.165, 1.54) is 51.4 Å². The summed E-state index contributed by atoms with van der Waals surface area (Å²) in [6.45, 7) is 3.96. The van der Waals surface area contributed by atoms with Gasteiger partial charge in [0.2, 0.25) is 0 Å². The highest BCUT2D eigenvalue weighted by Gasteiger charge is 2.25. The fraction of sp³-hybridized carbons (Fsp3) is 0.718. The Kier molecular flexibility index (Phi) is 28.8. The van der Waals surface area contributed by atoms with Gasteiger partial charge >= 0.3 is 11.9 Å². The van der Waals surface area contributed by atoms with E-state index in [1.54, 1.807) is 28.1 Å². The monoisotopic (exact) mass is 661 g/mol. The topological polar surface area (TPSA) is 102 Å². The number of rotatable bonds is 31. The van der Waals surface area contributed by atoms with Crippen LogP contribution in [0.3, 0.4) is 0 Å². The maximum absolute atomic E-state index is 12.4. The molecule has 0 saturated carbocycles. The van der Waals surface area contributed by atoms with Crippen molar-refractivity contribution in [3.8, 4) is 0 Å². The van der Waals surface area contributed by atoms with Crippen molar-refractivity contribution in [3.05, 3.63) is 48.6 Å². The summed E-state index contributed by atoms with van der Waals surface area (Å²) < 4.78 is 16.5. The van der Waals surface area contributed by atoms with Gasteiger partial charge in [-0.15, -0.1) is 0 Å². The van der Waals surface area contributed by atoms with Crippen LogP contribution >= 0.6 is 0 Å². The molecule has 2 atom stereocenters. The molecule has 0 bridgehead atoms. The zero-order valence-corrected chi connectivity index (χ0v) is 30.4. The van der Waals surface area contributed by atoms with Crippen molar-refractivity contribution >= 4 is 17.9 Å². The molecule has 0 spiro atoms. The van der Waals surface area contributed by atoms with Gasteiger partial charge in [-0.1, -0.05) is 114 Å². The number of aliphatic carboxylic acids is 1. The average molecular weight is 662 g/mol. The second-order valence-corrected chi connectivity index (χ2v) is 13.0. The minimum atomic E-state index is -1.13. The van der Waals surface area contributed by atoms with Crippen molar-refractivity contribution in [1.82, 2.24) is 0 Å². The van der Waals surface area contributed by atoms with Crippen LogP contribution in [0.2, 0.25) is 0 Å². The van der Waals surface area contributed by atoms with Crippen LogP contribution in [-0.2, 0) is 28.6 Å². The molecule has 0 N–H and O–H groups in total. The second-order valence-electron chi connectivity index (χ2n) is 13.0. The smallest absolute Gasteiger partial charge is 0.306 e. The Morgan fingerprint density at radius 2 is 1.17 bits per heavy atom. The Morgan fingerprint density at radius 1 is 0.660 bits per heavy atom. The third-order valence-corrected chi connectivity index (χ3v) is 7.78. The van der Waals surface area contributed by atoms with E-state index in [1.807, 2.05) is 0 Å². The van der Waals surface area contributed by atoms with Crippen molar-refractivity contribution in [1.29, 1.82) is 0 Å². The maximum atomic E-state index is 12.4. The Balaban J connectivity index is 3.91. The van der Waals surface area contributed by atoms with E-state index in [9.17, 15) is 19.5 Å². The SMILES string of the molecule is CC/C=C\C/C=C\C/C=C\C/C=C\CCCCCCCCCCCCC(=O)OC(COCCC(C(=O)[O-])[N+](C)(C)C)COC(=O)CC. The minimum absolute atomic E-state index is 0.0318. The summed E-state index contributed by atoms with van der Waals surface area (Å²) in [5, 5.41) is 11.4. The number of allylic oxidation sites excluding steroid dienone is 8. The van der Waals surface area contributed by atoms with Gasteiger partial charge in [-0.3, -0.25) is 9.59 Å². The molecule has 0 aliphatic heterocycles. The van der Waals surface area contributed by atoms with Gasteiger partial charge in [0.15, 0.2) is 6.10 Å². The number of likely N-dealkylation sites (N-methyl/N-ethyl adjacent to an activating group) is 1. The molecule has 0 heterocycles. The summed E-state index contributed by atoms with van der Waals surface area (Å²) in [6, 6.07) is -0.721. The molecule has 0 aromatic carbocycles. The van der Waals surface area contributed by atoms with Crippen LogP contribution < -0.4 is 5.11 Å². The highest BCUT2D eigenvalue weighted by atomic mass is 16.6. The lowest BCUT2D eigenvalue weighted by atomic mass is 10.0. The number of hydrogen-bond donors (Lipinski definition) is 0. The van der Waals surface area contributed by atoms with Gasteiger partial charge in [0, 0.05) is 19.3 Å². The van der Waals surface area contributed by atoms with Crippen LogP contribution in [0.5, 0.6) is 0 Å². The van der Waals surface area contributed by atoms with Crippen LogP contribution in [0.15, 0.2) is 48.6 Å². The molecule has 2 unspecified atom stereocenters. The van der Waals surface area contributed by atoms with Crippen LogP contribution in [0, 0.1) is 0 Å². The summed E-state index contributed by atoms with van der Waals surface area (Å²) in [5.74, 6) is -1.85. The third kappa shape index (κ3) is 29.2. The first-order valence-corrected chi connectivity index (χ1v) is 18.2. The van der Waals surface area contributed by atoms with E-state index >= 15 is 0 Å². The van der Waals surface area contributed by atoms with E-state index in [-0.39, 0.29) is 49.1 Å². The molecule has 0 saturated heterocycles. The van der Waals surface area contributed by atoms with Crippen molar-refractivity contribution in [3.63, 3.8) is 0 Å². The number of carbonyl (C=O) groups is 3. The first-order valence-electron chi connectivity index (χ1n) is 18.2. The number of nitrogens with zero attached hydrogens (tertiary/aromatic N) is 1. The fourth-order valence-electron chi connectivity index (χ4n) is 4.92. The van der Waals surface area contributed by atoms with E-state index < -0.39 is 18.1 Å². The fourth-order valence-corrected chi connectivity index (χ4v) is 4.92. The second kappa shape index (κ2) is 30.6. The van der Waals surface area contributed by atoms with Gasteiger partial charge < -0.3 is 28.6 Å². The standard InChI is InChI=1S/C39H67NO7/c1-6-8-9-10-11-12-13-14-15-16-17-18-19-20-21-22-23-24-25-26-27-28-29-30-38(42)47-35(34-46-37(41)7-2)33-45-32-31-36(39(43)44)40(3,4)5/h8-9,11-12,14-15,17-18,35-36H,6-7,10,13,16,19-34H2,1-5H3/b9-8-,12-11-,15-14-,18-17-. The number of carboxylic acid groups (broad SMARTS) is 1. The van der Waals surface area contributed by atoms with Gasteiger partial charge in [0.25, 0.3) is 0 Å². The predicted molar refractivity (Wildman–Crippen MR) is 189 cm³/mol. The molecule has 0 aliphatic rings. The number of unbranched alkanes of at least 4 members (excludes halogenated alkanes) is 10. The molecule has 0 amide bonds. The molecule has 0 rings (SSSR count). The lowest BCUT2D eigenvalue weighted by Crippen LogP contribution is -2.55. The number of hydrogen-bond acceptors (Lipinski definition) is 7. The van der Waals surface area contributed by atoms with Gasteiger partial charge in [0.1, 0.15) is 12.6 Å². The van der Waals surface area contributed by atoms with E-state index in [2.05, 4.69) is 55.5 Å². The third-order valence-electron chi connectivity index (χ3n) is 7.78. The molecule has 0 radical (unpaired) electrons. The lowest BCUT2D eigenvalue weighted by Gasteiger charge is -2.34. The minimum Gasteiger partial charge on any atom is -0.544 e. The zero-order chi connectivity index (χ0) is 35.0. The first kappa shape index (κ1) is 44.3. The first-order chi connectivity index (χ1) is 22.6. The number of quaternary nitrogens is 1.